The molecule has 27 heavy (non-hydrogen) atoms. The summed E-state index contributed by atoms with van der Waals surface area (Å²) in [5, 5.41) is 11.4. The number of carbonyl (C=O) groups is 2. The van der Waals surface area contributed by atoms with Crippen molar-refractivity contribution in [2.24, 2.45) is 0 Å². The van der Waals surface area contributed by atoms with Crippen molar-refractivity contribution in [3.63, 3.8) is 0 Å². The first-order valence-corrected chi connectivity index (χ1v) is 9.01. The molecule has 0 unspecified atom stereocenters. The van der Waals surface area contributed by atoms with Gasteiger partial charge >= 0.3 is 0 Å². The number of aromatic nitrogens is 1. The Morgan fingerprint density at radius 2 is 1.78 bits per heavy atom. The molecule has 1 fully saturated rings. The van der Waals surface area contributed by atoms with E-state index in [1.54, 1.807) is 48.8 Å². The fourth-order valence-electron chi connectivity index (χ4n) is 3.11. The number of nitrogens with one attached hydrogen (secondary N) is 1. The Bertz CT molecular complexity index is 879. The van der Waals surface area contributed by atoms with Gasteiger partial charge in [0.15, 0.2) is 0 Å². The molecule has 1 aliphatic heterocycles. The van der Waals surface area contributed by atoms with Crippen LogP contribution in [-0.2, 0) is 9.59 Å². The van der Waals surface area contributed by atoms with Crippen LogP contribution in [0.1, 0.15) is 17.2 Å². The lowest BCUT2D eigenvalue weighted by Crippen LogP contribution is -3.06. The van der Waals surface area contributed by atoms with Gasteiger partial charge in [-0.05, 0) is 42.0 Å². The average Bonchev–Trinajstić information content (AvgIpc) is 2.91. The number of nitrogens with zero attached hydrogens (tertiary/aromatic N) is 2. The predicted octanol–water partition coefficient (Wildman–Crippen LogP) is 1.30. The second-order valence-corrected chi connectivity index (χ2v) is 7.17. The van der Waals surface area contributed by atoms with Crippen LogP contribution in [0.15, 0.2) is 54.4 Å². The molecule has 1 aromatic heterocycles. The van der Waals surface area contributed by atoms with Gasteiger partial charge in [0.1, 0.15) is 5.76 Å². The van der Waals surface area contributed by atoms with E-state index < -0.39 is 17.7 Å². The van der Waals surface area contributed by atoms with Crippen molar-refractivity contribution < 1.29 is 19.6 Å². The Labute approximate surface area is 162 Å². The number of benzene rings is 1. The number of quaternary nitrogens is 1. The van der Waals surface area contributed by atoms with E-state index in [0.29, 0.717) is 23.7 Å². The van der Waals surface area contributed by atoms with Crippen molar-refractivity contribution in [2.45, 2.75) is 6.04 Å². The van der Waals surface area contributed by atoms with Crippen molar-refractivity contribution in [3.8, 4) is 0 Å². The first kappa shape index (κ1) is 19.1. The third-order valence-corrected chi connectivity index (χ3v) is 4.78. The molecule has 0 aliphatic carbocycles. The van der Waals surface area contributed by atoms with E-state index in [-0.39, 0.29) is 11.3 Å². The molecule has 1 aromatic carbocycles. The molecular weight excluding hydrogens is 366 g/mol. The number of likely N-dealkylation sites (tertiary alicyclic amines) is 1. The maximum Gasteiger partial charge on any atom is 0.295 e. The Balaban J connectivity index is 2.12. The molecule has 1 aliphatic rings. The topological polar surface area (TPSA) is 74.9 Å². The molecular formula is C20H21ClN3O3+. The minimum atomic E-state index is -0.682. The van der Waals surface area contributed by atoms with E-state index in [2.05, 4.69) is 4.98 Å². The molecule has 0 bridgehead atoms. The van der Waals surface area contributed by atoms with Crippen LogP contribution < -0.4 is 4.90 Å². The summed E-state index contributed by atoms with van der Waals surface area (Å²) in [5.74, 6) is -1.49. The molecule has 1 atom stereocenters. The molecule has 140 valence electrons. The average molecular weight is 387 g/mol. The Kier molecular flexibility index (Phi) is 5.58. The first-order valence-electron chi connectivity index (χ1n) is 8.63. The highest BCUT2D eigenvalue weighted by Crippen LogP contribution is 2.38. The van der Waals surface area contributed by atoms with Crippen molar-refractivity contribution >= 4 is 29.1 Å². The summed E-state index contributed by atoms with van der Waals surface area (Å²) in [4.78, 5) is 32.1. The Hall–Kier alpha value is -2.70. The molecule has 1 amide bonds. The van der Waals surface area contributed by atoms with Crippen LogP contribution >= 0.6 is 11.6 Å². The molecule has 0 spiro atoms. The minimum Gasteiger partial charge on any atom is -0.507 e. The largest absolute Gasteiger partial charge is 0.507 e. The van der Waals surface area contributed by atoms with Crippen LogP contribution in [0.25, 0.3) is 5.76 Å². The molecule has 2 aromatic rings. The summed E-state index contributed by atoms with van der Waals surface area (Å²) in [6, 6.07) is 9.36. The quantitative estimate of drug-likeness (QED) is 0.461. The number of carbonyl (C=O) groups excluding carboxylic acids is 2. The number of pyridine rings is 1. The van der Waals surface area contributed by atoms with Crippen LogP contribution in [0.2, 0.25) is 5.02 Å². The number of aliphatic hydroxyl groups is 1. The number of likely N-dealkylation sites (N-methyl/N-ethyl adjacent to an activating group) is 1. The second kappa shape index (κ2) is 7.90. The molecule has 2 heterocycles. The first-order chi connectivity index (χ1) is 12.9. The molecule has 2 N–H and O–H groups in total. The highest BCUT2D eigenvalue weighted by atomic mass is 35.5. The van der Waals surface area contributed by atoms with E-state index in [0.717, 1.165) is 10.5 Å². The highest BCUT2D eigenvalue weighted by Gasteiger charge is 2.46. The van der Waals surface area contributed by atoms with E-state index in [1.807, 2.05) is 14.1 Å². The lowest BCUT2D eigenvalue weighted by Gasteiger charge is -2.25. The van der Waals surface area contributed by atoms with Crippen LogP contribution in [-0.4, -0.2) is 53.9 Å². The highest BCUT2D eigenvalue weighted by molar-refractivity contribution is 6.46. The van der Waals surface area contributed by atoms with Gasteiger partial charge in [-0.1, -0.05) is 11.6 Å². The Morgan fingerprint density at radius 1 is 1.15 bits per heavy atom. The summed E-state index contributed by atoms with van der Waals surface area (Å²) < 4.78 is 0. The van der Waals surface area contributed by atoms with E-state index in [9.17, 15) is 14.7 Å². The van der Waals surface area contributed by atoms with Crippen molar-refractivity contribution in [2.75, 3.05) is 27.2 Å². The van der Waals surface area contributed by atoms with Gasteiger partial charge in [0, 0.05) is 23.0 Å². The molecule has 0 radical (unpaired) electrons. The van der Waals surface area contributed by atoms with Gasteiger partial charge in [-0.2, -0.15) is 0 Å². The number of amides is 1. The van der Waals surface area contributed by atoms with Crippen LogP contribution in [0.4, 0.5) is 0 Å². The number of aliphatic hydroxyl groups excluding tert-OH is 1. The van der Waals surface area contributed by atoms with Crippen molar-refractivity contribution in [1.29, 1.82) is 0 Å². The third kappa shape index (κ3) is 3.86. The van der Waals surface area contributed by atoms with Crippen LogP contribution in [0.3, 0.4) is 0 Å². The third-order valence-electron chi connectivity index (χ3n) is 4.53. The zero-order valence-electron chi connectivity index (χ0n) is 15.1. The van der Waals surface area contributed by atoms with Crippen molar-refractivity contribution in [3.05, 3.63) is 70.5 Å². The van der Waals surface area contributed by atoms with E-state index >= 15 is 0 Å². The standard InChI is InChI=1S/C20H20ClN3O3/c1-23(2)11-12-24-17(13-7-9-22-10-8-13)16(19(26)20(24)27)18(25)14-3-5-15(21)6-4-14/h3-10,17,25H,11-12H2,1-2H3/p+1/t17-/m1/s1. The van der Waals surface area contributed by atoms with Gasteiger partial charge in [0.25, 0.3) is 11.7 Å². The molecule has 1 saturated heterocycles. The number of ketones is 1. The van der Waals surface area contributed by atoms with Gasteiger partial charge in [-0.15, -0.1) is 0 Å². The molecule has 0 saturated carbocycles. The SMILES string of the molecule is C[NH+](C)CCN1C(=O)C(=O)C(=C(O)c2ccc(Cl)cc2)[C@H]1c1ccncc1. The van der Waals surface area contributed by atoms with Gasteiger partial charge in [-0.25, -0.2) is 0 Å². The van der Waals surface area contributed by atoms with Crippen LogP contribution in [0.5, 0.6) is 0 Å². The smallest absolute Gasteiger partial charge is 0.295 e. The summed E-state index contributed by atoms with van der Waals surface area (Å²) in [7, 11) is 3.96. The lowest BCUT2D eigenvalue weighted by atomic mass is 9.96. The fraction of sp³-hybridized carbons (Fsp3) is 0.250. The summed E-state index contributed by atoms with van der Waals surface area (Å²) in [6.07, 6.45) is 3.21. The molecule has 7 heteroatoms. The zero-order valence-corrected chi connectivity index (χ0v) is 15.9. The number of rotatable bonds is 5. The number of hydrogen-bond acceptors (Lipinski definition) is 4. The van der Waals surface area contributed by atoms with Gasteiger partial charge in [0.2, 0.25) is 0 Å². The molecule has 6 nitrogen and oxygen atoms in total. The van der Waals surface area contributed by atoms with E-state index in [1.165, 1.54) is 4.90 Å². The summed E-state index contributed by atoms with van der Waals surface area (Å²) >= 11 is 5.91. The Morgan fingerprint density at radius 3 is 2.37 bits per heavy atom. The van der Waals surface area contributed by atoms with Gasteiger partial charge < -0.3 is 14.9 Å². The predicted molar refractivity (Wildman–Crippen MR) is 102 cm³/mol. The summed E-state index contributed by atoms with van der Waals surface area (Å²) in [5.41, 5.74) is 1.26. The van der Waals surface area contributed by atoms with Gasteiger partial charge in [-0.3, -0.25) is 14.6 Å². The normalized spacial score (nSPS) is 19.1. The van der Waals surface area contributed by atoms with Crippen molar-refractivity contribution in [1.82, 2.24) is 9.88 Å². The molecule has 3 rings (SSSR count). The monoisotopic (exact) mass is 386 g/mol. The number of Topliss-reactive ketones (excluding diaryl/α,β-unsaturated/α-hetero) is 1. The zero-order chi connectivity index (χ0) is 19.6. The minimum absolute atomic E-state index is 0.0854. The lowest BCUT2D eigenvalue weighted by molar-refractivity contribution is -0.857. The fourth-order valence-corrected chi connectivity index (χ4v) is 3.24. The summed E-state index contributed by atoms with van der Waals surface area (Å²) in [6.45, 7) is 1.08. The second-order valence-electron chi connectivity index (χ2n) is 6.74. The maximum atomic E-state index is 12.8. The van der Waals surface area contributed by atoms with E-state index in [4.69, 9.17) is 11.6 Å². The number of halogens is 1. The van der Waals surface area contributed by atoms with Crippen LogP contribution in [0, 0.1) is 0 Å². The van der Waals surface area contributed by atoms with Gasteiger partial charge in [0.05, 0.1) is 38.8 Å². The number of hydrogen-bond donors (Lipinski definition) is 2. The maximum absolute atomic E-state index is 12.8.